The molecule has 0 saturated carbocycles. The van der Waals surface area contributed by atoms with Crippen molar-refractivity contribution in [3.8, 4) is 0 Å². The molecule has 0 aromatic heterocycles. The smallest absolute Gasteiger partial charge is 0.328 e. The third kappa shape index (κ3) is 4.36. The van der Waals surface area contributed by atoms with Gasteiger partial charge in [-0.15, -0.1) is 0 Å². The number of esters is 1. The van der Waals surface area contributed by atoms with E-state index in [1.165, 1.54) is 7.11 Å². The lowest BCUT2D eigenvalue weighted by Gasteiger charge is -2.18. The normalized spacial score (nSPS) is 11.7. The summed E-state index contributed by atoms with van der Waals surface area (Å²) >= 11 is 6.12. The molecule has 1 amide bonds. The van der Waals surface area contributed by atoms with Crippen molar-refractivity contribution in [2.45, 2.75) is 26.3 Å². The zero-order chi connectivity index (χ0) is 17.7. The first-order valence-corrected chi connectivity index (χ1v) is 7.99. The summed E-state index contributed by atoms with van der Waals surface area (Å²) in [7, 11) is 1.30. The van der Waals surface area contributed by atoms with E-state index in [9.17, 15) is 9.59 Å². The fraction of sp³-hybridized carbons (Fsp3) is 0.263. The number of methoxy groups -OCH3 is 1. The summed E-state index contributed by atoms with van der Waals surface area (Å²) in [4.78, 5) is 24.6. The lowest BCUT2D eigenvalue weighted by molar-refractivity contribution is -0.142. The Hall–Kier alpha value is -2.33. The summed E-state index contributed by atoms with van der Waals surface area (Å²) in [5, 5.41) is 3.08. The molecule has 24 heavy (non-hydrogen) atoms. The molecule has 0 radical (unpaired) electrons. The van der Waals surface area contributed by atoms with Crippen molar-refractivity contribution in [3.63, 3.8) is 0 Å². The van der Waals surface area contributed by atoms with Crippen molar-refractivity contribution in [3.05, 3.63) is 69.7 Å². The van der Waals surface area contributed by atoms with E-state index in [-0.39, 0.29) is 5.91 Å². The van der Waals surface area contributed by atoms with Gasteiger partial charge in [0.15, 0.2) is 0 Å². The van der Waals surface area contributed by atoms with Crippen molar-refractivity contribution in [1.29, 1.82) is 0 Å². The first-order chi connectivity index (χ1) is 11.4. The van der Waals surface area contributed by atoms with Crippen LogP contribution >= 0.6 is 11.6 Å². The summed E-state index contributed by atoms with van der Waals surface area (Å²) in [6, 6.07) is 12.2. The Kier molecular flexibility index (Phi) is 5.99. The third-order valence-corrected chi connectivity index (χ3v) is 4.12. The Labute approximate surface area is 146 Å². The molecular formula is C19H20ClNO3. The molecule has 2 aromatic carbocycles. The largest absolute Gasteiger partial charge is 0.467 e. The minimum Gasteiger partial charge on any atom is -0.467 e. The second-order valence-electron chi connectivity index (χ2n) is 5.67. The minimum atomic E-state index is -0.777. The Bertz CT molecular complexity index is 721. The lowest BCUT2D eigenvalue weighted by atomic mass is 10.0. The average molecular weight is 346 g/mol. The van der Waals surface area contributed by atoms with E-state index >= 15 is 0 Å². The first-order valence-electron chi connectivity index (χ1n) is 7.61. The Morgan fingerprint density at radius 3 is 2.38 bits per heavy atom. The minimum absolute atomic E-state index is 0.349. The van der Waals surface area contributed by atoms with Gasteiger partial charge in [0, 0.05) is 6.42 Å². The zero-order valence-electron chi connectivity index (χ0n) is 13.9. The van der Waals surface area contributed by atoms with Crippen molar-refractivity contribution in [2.75, 3.05) is 7.11 Å². The van der Waals surface area contributed by atoms with Crippen LogP contribution in [0.1, 0.15) is 27.0 Å². The number of benzene rings is 2. The molecule has 2 aromatic rings. The van der Waals surface area contributed by atoms with Crippen molar-refractivity contribution < 1.29 is 14.3 Å². The molecule has 0 spiro atoms. The summed E-state index contributed by atoms with van der Waals surface area (Å²) in [6.07, 6.45) is 0.349. The molecule has 0 aliphatic heterocycles. The van der Waals surface area contributed by atoms with Gasteiger partial charge in [0.05, 0.1) is 17.7 Å². The highest BCUT2D eigenvalue weighted by molar-refractivity contribution is 6.34. The molecule has 0 aliphatic rings. The number of halogens is 1. The van der Waals surface area contributed by atoms with E-state index in [1.54, 1.807) is 25.1 Å². The van der Waals surface area contributed by atoms with E-state index in [1.807, 2.05) is 31.2 Å². The molecule has 1 atom stereocenters. The summed E-state index contributed by atoms with van der Waals surface area (Å²) < 4.78 is 4.82. The molecule has 5 heteroatoms. The second-order valence-corrected chi connectivity index (χ2v) is 6.08. The van der Waals surface area contributed by atoms with Gasteiger partial charge in [-0.25, -0.2) is 4.79 Å². The highest BCUT2D eigenvalue weighted by Crippen LogP contribution is 2.19. The number of hydrogen-bond acceptors (Lipinski definition) is 3. The highest BCUT2D eigenvalue weighted by Gasteiger charge is 2.24. The first kappa shape index (κ1) is 18.0. The molecular weight excluding hydrogens is 326 g/mol. The monoisotopic (exact) mass is 345 g/mol. The predicted molar refractivity (Wildman–Crippen MR) is 94.3 cm³/mol. The molecule has 0 fully saturated rings. The van der Waals surface area contributed by atoms with Gasteiger partial charge in [-0.3, -0.25) is 4.79 Å². The number of aryl methyl sites for hydroxylation is 2. The average Bonchev–Trinajstić information content (AvgIpc) is 2.55. The number of carbonyl (C=O) groups excluding carboxylic acids is 2. The van der Waals surface area contributed by atoms with Gasteiger partial charge in [0.2, 0.25) is 0 Å². The molecule has 0 heterocycles. The van der Waals surface area contributed by atoms with Crippen LogP contribution in [0.3, 0.4) is 0 Å². The van der Waals surface area contributed by atoms with Crippen molar-refractivity contribution in [1.82, 2.24) is 5.32 Å². The van der Waals surface area contributed by atoms with Gasteiger partial charge in [0.1, 0.15) is 6.04 Å². The lowest BCUT2D eigenvalue weighted by Crippen LogP contribution is -2.43. The van der Waals surface area contributed by atoms with Gasteiger partial charge in [-0.1, -0.05) is 53.6 Å². The van der Waals surface area contributed by atoms with Gasteiger partial charge in [-0.05, 0) is 31.0 Å². The van der Waals surface area contributed by atoms with Crippen LogP contribution in [-0.2, 0) is 16.0 Å². The van der Waals surface area contributed by atoms with Gasteiger partial charge >= 0.3 is 5.97 Å². The van der Waals surface area contributed by atoms with Crippen LogP contribution in [0.4, 0.5) is 0 Å². The fourth-order valence-electron chi connectivity index (χ4n) is 2.45. The maximum Gasteiger partial charge on any atom is 0.328 e. The van der Waals surface area contributed by atoms with Crippen LogP contribution < -0.4 is 5.32 Å². The molecule has 1 unspecified atom stereocenters. The number of hydrogen-bond donors (Lipinski definition) is 1. The van der Waals surface area contributed by atoms with Crippen LogP contribution in [-0.4, -0.2) is 25.0 Å². The van der Waals surface area contributed by atoms with Crippen LogP contribution in [0.25, 0.3) is 0 Å². The van der Waals surface area contributed by atoms with Gasteiger partial charge in [-0.2, -0.15) is 0 Å². The summed E-state index contributed by atoms with van der Waals surface area (Å²) in [6.45, 7) is 3.79. The highest BCUT2D eigenvalue weighted by atomic mass is 35.5. The zero-order valence-corrected chi connectivity index (χ0v) is 14.7. The summed E-state index contributed by atoms with van der Waals surface area (Å²) in [5.74, 6) is -0.880. The topological polar surface area (TPSA) is 55.4 Å². The second kappa shape index (κ2) is 7.97. The molecule has 0 bridgehead atoms. The Morgan fingerprint density at radius 2 is 1.79 bits per heavy atom. The van der Waals surface area contributed by atoms with E-state index in [0.717, 1.165) is 16.7 Å². The molecule has 126 valence electrons. The van der Waals surface area contributed by atoms with E-state index in [2.05, 4.69) is 5.32 Å². The third-order valence-electron chi connectivity index (χ3n) is 3.80. The number of carbonyl (C=O) groups is 2. The quantitative estimate of drug-likeness (QED) is 0.844. The Morgan fingerprint density at radius 1 is 1.12 bits per heavy atom. The predicted octanol–water partition coefficient (Wildman–Crippen LogP) is 3.47. The van der Waals surface area contributed by atoms with E-state index < -0.39 is 12.0 Å². The SMILES string of the molecule is COC(=O)C(Cc1ccc(C)cc1)NC(=O)c1c(C)cccc1Cl. The number of ether oxygens (including phenoxy) is 1. The molecule has 4 nitrogen and oxygen atoms in total. The van der Waals surface area contributed by atoms with Crippen LogP contribution in [0.15, 0.2) is 42.5 Å². The van der Waals surface area contributed by atoms with Gasteiger partial charge in [0.25, 0.3) is 5.91 Å². The molecule has 0 aliphatic carbocycles. The maximum absolute atomic E-state index is 12.6. The van der Waals surface area contributed by atoms with E-state index in [0.29, 0.717) is 17.0 Å². The molecule has 0 saturated heterocycles. The van der Waals surface area contributed by atoms with Crippen molar-refractivity contribution in [2.24, 2.45) is 0 Å². The number of nitrogens with one attached hydrogen (secondary N) is 1. The Balaban J connectivity index is 2.21. The summed E-state index contributed by atoms with van der Waals surface area (Å²) in [5.41, 5.74) is 3.19. The van der Waals surface area contributed by atoms with Gasteiger partial charge < -0.3 is 10.1 Å². The number of amides is 1. The van der Waals surface area contributed by atoms with Crippen LogP contribution in [0, 0.1) is 13.8 Å². The standard InChI is InChI=1S/C19H20ClNO3/c1-12-7-9-14(10-8-12)11-16(19(23)24-3)21-18(22)17-13(2)5-4-6-15(17)20/h4-10,16H,11H2,1-3H3,(H,21,22). The molecule has 1 N–H and O–H groups in total. The van der Waals surface area contributed by atoms with E-state index in [4.69, 9.17) is 16.3 Å². The molecule has 2 rings (SSSR count). The van der Waals surface area contributed by atoms with Crippen LogP contribution in [0.2, 0.25) is 5.02 Å². The van der Waals surface area contributed by atoms with Crippen LogP contribution in [0.5, 0.6) is 0 Å². The number of rotatable bonds is 5. The van der Waals surface area contributed by atoms with Crippen molar-refractivity contribution >= 4 is 23.5 Å². The fourth-order valence-corrected chi connectivity index (χ4v) is 2.75. The maximum atomic E-state index is 12.6.